The minimum atomic E-state index is 0.0756. The Bertz CT molecular complexity index is 413. The molecule has 1 aromatic rings. The number of amides is 1. The Hall–Kier alpha value is -1.06. The van der Waals surface area contributed by atoms with Gasteiger partial charge in [0.15, 0.2) is 0 Å². The van der Waals surface area contributed by atoms with Gasteiger partial charge >= 0.3 is 0 Å². The maximum atomic E-state index is 12.2. The molecule has 1 aliphatic rings. The highest BCUT2D eigenvalue weighted by atomic mass is 35.5. The molecule has 2 rings (SSSR count). The average molecular weight is 281 g/mol. The van der Waals surface area contributed by atoms with Gasteiger partial charge in [0, 0.05) is 11.6 Å². The van der Waals surface area contributed by atoms with Crippen LogP contribution in [0.5, 0.6) is 0 Å². The topological polar surface area (TPSA) is 41.1 Å². The van der Waals surface area contributed by atoms with Gasteiger partial charge in [0.1, 0.15) is 0 Å². The van der Waals surface area contributed by atoms with E-state index in [2.05, 4.69) is 17.6 Å². The van der Waals surface area contributed by atoms with Crippen molar-refractivity contribution in [2.75, 3.05) is 13.1 Å². The first kappa shape index (κ1) is 14.4. The third-order valence-electron chi connectivity index (χ3n) is 3.66. The zero-order chi connectivity index (χ0) is 13.7. The van der Waals surface area contributed by atoms with Crippen molar-refractivity contribution in [3.63, 3.8) is 0 Å². The summed E-state index contributed by atoms with van der Waals surface area (Å²) in [5.74, 6) is 0.268. The Labute approximate surface area is 119 Å². The quantitative estimate of drug-likeness (QED) is 0.890. The predicted octanol–water partition coefficient (Wildman–Crippen LogP) is 2.91. The van der Waals surface area contributed by atoms with Gasteiger partial charge in [0.05, 0.1) is 12.0 Å². The smallest absolute Gasteiger partial charge is 0.224 e. The molecule has 2 N–H and O–H groups in total. The molecular formula is C15H21ClN2O. The number of halogens is 1. The fourth-order valence-electron chi connectivity index (χ4n) is 2.48. The molecule has 4 heteroatoms. The summed E-state index contributed by atoms with van der Waals surface area (Å²) in [6.07, 6.45) is 2.94. The summed E-state index contributed by atoms with van der Waals surface area (Å²) in [6.45, 7) is 3.90. The van der Waals surface area contributed by atoms with E-state index >= 15 is 0 Å². The van der Waals surface area contributed by atoms with E-state index in [0.717, 1.165) is 42.9 Å². The SMILES string of the molecule is CCC(NC(=O)[C@@H]1CCCNC1)c1ccc(Cl)cc1. The van der Waals surface area contributed by atoms with Crippen LogP contribution in [-0.2, 0) is 4.79 Å². The monoisotopic (exact) mass is 280 g/mol. The molecule has 0 aliphatic carbocycles. The lowest BCUT2D eigenvalue weighted by molar-refractivity contribution is -0.126. The maximum absolute atomic E-state index is 12.2. The molecule has 0 spiro atoms. The molecule has 1 saturated heterocycles. The van der Waals surface area contributed by atoms with Crippen LogP contribution in [0.25, 0.3) is 0 Å². The second kappa shape index (κ2) is 6.92. The second-order valence-electron chi connectivity index (χ2n) is 5.06. The maximum Gasteiger partial charge on any atom is 0.224 e. The summed E-state index contributed by atoms with van der Waals surface area (Å²) in [6, 6.07) is 7.78. The minimum Gasteiger partial charge on any atom is -0.349 e. The fraction of sp³-hybridized carbons (Fsp3) is 0.533. The number of carbonyl (C=O) groups is 1. The van der Waals surface area contributed by atoms with Crippen molar-refractivity contribution in [3.05, 3.63) is 34.9 Å². The van der Waals surface area contributed by atoms with Gasteiger partial charge in [-0.25, -0.2) is 0 Å². The summed E-state index contributed by atoms with van der Waals surface area (Å²) in [7, 11) is 0. The number of hydrogen-bond donors (Lipinski definition) is 2. The molecule has 19 heavy (non-hydrogen) atoms. The Balaban J connectivity index is 1.98. The molecule has 1 heterocycles. The lowest BCUT2D eigenvalue weighted by Gasteiger charge is -2.25. The summed E-state index contributed by atoms with van der Waals surface area (Å²) in [5, 5.41) is 7.15. The number of benzene rings is 1. The van der Waals surface area contributed by atoms with Gasteiger partial charge < -0.3 is 10.6 Å². The van der Waals surface area contributed by atoms with E-state index in [1.807, 2.05) is 24.3 Å². The van der Waals surface area contributed by atoms with Crippen LogP contribution in [0.3, 0.4) is 0 Å². The molecule has 1 amide bonds. The van der Waals surface area contributed by atoms with Crippen LogP contribution in [0.15, 0.2) is 24.3 Å². The first-order chi connectivity index (χ1) is 9.20. The second-order valence-corrected chi connectivity index (χ2v) is 5.50. The molecule has 1 fully saturated rings. The molecular weight excluding hydrogens is 260 g/mol. The van der Waals surface area contributed by atoms with Crippen molar-refractivity contribution in [1.82, 2.24) is 10.6 Å². The van der Waals surface area contributed by atoms with Gasteiger partial charge in [0.2, 0.25) is 5.91 Å². The normalized spacial score (nSPS) is 20.8. The van der Waals surface area contributed by atoms with Crippen LogP contribution < -0.4 is 10.6 Å². The van der Waals surface area contributed by atoms with E-state index in [-0.39, 0.29) is 17.9 Å². The lowest BCUT2D eigenvalue weighted by atomic mass is 9.97. The molecule has 104 valence electrons. The average Bonchev–Trinajstić information content (AvgIpc) is 2.46. The highest BCUT2D eigenvalue weighted by Crippen LogP contribution is 2.20. The zero-order valence-electron chi connectivity index (χ0n) is 11.3. The molecule has 0 saturated carbocycles. The van der Waals surface area contributed by atoms with E-state index in [1.54, 1.807) is 0 Å². The fourth-order valence-corrected chi connectivity index (χ4v) is 2.61. The van der Waals surface area contributed by atoms with E-state index < -0.39 is 0 Å². The third kappa shape index (κ3) is 3.95. The van der Waals surface area contributed by atoms with E-state index in [9.17, 15) is 4.79 Å². The van der Waals surface area contributed by atoms with Gasteiger partial charge in [-0.3, -0.25) is 4.79 Å². The Kier molecular flexibility index (Phi) is 5.23. The molecule has 1 aliphatic heterocycles. The van der Waals surface area contributed by atoms with Crippen molar-refractivity contribution in [1.29, 1.82) is 0 Å². The lowest BCUT2D eigenvalue weighted by Crippen LogP contribution is -2.41. The Morgan fingerprint density at radius 3 is 2.79 bits per heavy atom. The van der Waals surface area contributed by atoms with Crippen LogP contribution in [0.1, 0.15) is 37.8 Å². The number of rotatable bonds is 4. The summed E-state index contributed by atoms with van der Waals surface area (Å²) >= 11 is 5.89. The summed E-state index contributed by atoms with van der Waals surface area (Å²) in [5.41, 5.74) is 1.11. The first-order valence-corrected chi connectivity index (χ1v) is 7.35. The van der Waals surface area contributed by atoms with Crippen molar-refractivity contribution < 1.29 is 4.79 Å². The largest absolute Gasteiger partial charge is 0.349 e. The van der Waals surface area contributed by atoms with Crippen LogP contribution in [-0.4, -0.2) is 19.0 Å². The van der Waals surface area contributed by atoms with E-state index in [4.69, 9.17) is 11.6 Å². The summed E-state index contributed by atoms with van der Waals surface area (Å²) in [4.78, 5) is 12.2. The van der Waals surface area contributed by atoms with Gasteiger partial charge in [-0.05, 0) is 43.5 Å². The van der Waals surface area contributed by atoms with E-state index in [0.29, 0.717) is 0 Å². The highest BCUT2D eigenvalue weighted by molar-refractivity contribution is 6.30. The standard InChI is InChI=1S/C15H21ClN2O/c1-2-14(11-5-7-13(16)8-6-11)18-15(19)12-4-3-9-17-10-12/h5-8,12,14,17H,2-4,9-10H2,1H3,(H,18,19)/t12-,14?/m1/s1. The first-order valence-electron chi connectivity index (χ1n) is 6.97. The highest BCUT2D eigenvalue weighted by Gasteiger charge is 2.23. The Morgan fingerprint density at radius 2 is 2.21 bits per heavy atom. The minimum absolute atomic E-state index is 0.0756. The number of hydrogen-bond acceptors (Lipinski definition) is 2. The van der Waals surface area contributed by atoms with Crippen molar-refractivity contribution >= 4 is 17.5 Å². The van der Waals surface area contributed by atoms with Crippen LogP contribution in [0.2, 0.25) is 5.02 Å². The number of carbonyl (C=O) groups excluding carboxylic acids is 1. The van der Waals surface area contributed by atoms with Crippen LogP contribution in [0, 0.1) is 5.92 Å². The van der Waals surface area contributed by atoms with Crippen LogP contribution >= 0.6 is 11.6 Å². The summed E-state index contributed by atoms with van der Waals surface area (Å²) < 4.78 is 0. The van der Waals surface area contributed by atoms with E-state index in [1.165, 1.54) is 0 Å². The van der Waals surface area contributed by atoms with Crippen molar-refractivity contribution in [3.8, 4) is 0 Å². The number of nitrogens with one attached hydrogen (secondary N) is 2. The third-order valence-corrected chi connectivity index (χ3v) is 3.92. The van der Waals surface area contributed by atoms with Gasteiger partial charge in [-0.1, -0.05) is 30.7 Å². The number of piperidine rings is 1. The molecule has 3 nitrogen and oxygen atoms in total. The molecule has 2 atom stereocenters. The molecule has 1 unspecified atom stereocenters. The zero-order valence-corrected chi connectivity index (χ0v) is 12.0. The Morgan fingerprint density at radius 1 is 1.47 bits per heavy atom. The van der Waals surface area contributed by atoms with Gasteiger partial charge in [-0.2, -0.15) is 0 Å². The van der Waals surface area contributed by atoms with Crippen molar-refractivity contribution in [2.45, 2.75) is 32.2 Å². The van der Waals surface area contributed by atoms with Crippen LogP contribution in [0.4, 0.5) is 0 Å². The van der Waals surface area contributed by atoms with Gasteiger partial charge in [-0.15, -0.1) is 0 Å². The van der Waals surface area contributed by atoms with Gasteiger partial charge in [0.25, 0.3) is 0 Å². The van der Waals surface area contributed by atoms with Crippen molar-refractivity contribution in [2.24, 2.45) is 5.92 Å². The molecule has 0 radical (unpaired) electrons. The molecule has 0 bridgehead atoms. The molecule has 0 aromatic heterocycles. The molecule has 1 aromatic carbocycles. The predicted molar refractivity (Wildman–Crippen MR) is 78.2 cm³/mol.